The van der Waals surface area contributed by atoms with Gasteiger partial charge in [-0.1, -0.05) is 13.8 Å². The molecule has 0 heterocycles. The molecule has 0 atom stereocenters. The highest BCUT2D eigenvalue weighted by molar-refractivity contribution is 5.67. The first-order valence-electron chi connectivity index (χ1n) is 6.15. The van der Waals surface area contributed by atoms with E-state index in [0.29, 0.717) is 11.3 Å². The normalized spacial score (nSPS) is 11.9. The molecule has 0 saturated heterocycles. The number of hydrogen-bond donors (Lipinski definition) is 2. The van der Waals surface area contributed by atoms with Crippen molar-refractivity contribution in [2.24, 2.45) is 5.41 Å². The van der Waals surface area contributed by atoms with Crippen molar-refractivity contribution >= 4 is 11.4 Å². The van der Waals surface area contributed by atoms with Crippen LogP contribution in [0.15, 0.2) is 12.1 Å². The second-order valence-corrected chi connectivity index (χ2v) is 5.94. The Bertz CT molecular complexity index is 414. The molecule has 0 amide bonds. The summed E-state index contributed by atoms with van der Waals surface area (Å²) in [6.45, 7) is 7.88. The van der Waals surface area contributed by atoms with Crippen LogP contribution >= 0.6 is 0 Å². The van der Waals surface area contributed by atoms with E-state index in [1.807, 2.05) is 0 Å². The number of aryl methyl sites for hydroxylation is 1. The van der Waals surface area contributed by atoms with E-state index in [0.717, 1.165) is 18.8 Å². The van der Waals surface area contributed by atoms with E-state index in [9.17, 15) is 4.39 Å². The summed E-state index contributed by atoms with van der Waals surface area (Å²) < 4.78 is 13.3. The zero-order valence-corrected chi connectivity index (χ0v) is 12.0. The van der Waals surface area contributed by atoms with Gasteiger partial charge in [0.15, 0.2) is 0 Å². The maximum atomic E-state index is 13.3. The third-order valence-electron chi connectivity index (χ3n) is 2.83. The van der Waals surface area contributed by atoms with E-state index >= 15 is 0 Å². The second kappa shape index (κ2) is 5.57. The SMILES string of the molecule is Cc1cc(NCC(C)(C)CN(C)C)c(N)cc1F. The van der Waals surface area contributed by atoms with Crippen LogP contribution in [0, 0.1) is 18.2 Å². The van der Waals surface area contributed by atoms with Crippen LogP contribution in [0.3, 0.4) is 0 Å². The van der Waals surface area contributed by atoms with Crippen LogP contribution in [0.1, 0.15) is 19.4 Å². The van der Waals surface area contributed by atoms with Gasteiger partial charge < -0.3 is 16.0 Å². The highest BCUT2D eigenvalue weighted by Crippen LogP contribution is 2.24. The van der Waals surface area contributed by atoms with Crippen molar-refractivity contribution in [1.29, 1.82) is 0 Å². The fourth-order valence-electron chi connectivity index (χ4n) is 2.10. The van der Waals surface area contributed by atoms with Crippen molar-refractivity contribution < 1.29 is 4.39 Å². The Morgan fingerprint density at radius 1 is 1.33 bits per heavy atom. The number of nitrogens with two attached hydrogens (primary N) is 1. The van der Waals surface area contributed by atoms with Gasteiger partial charge in [0.1, 0.15) is 5.82 Å². The molecule has 1 rings (SSSR count). The quantitative estimate of drug-likeness (QED) is 0.793. The zero-order valence-electron chi connectivity index (χ0n) is 12.0. The molecule has 3 nitrogen and oxygen atoms in total. The summed E-state index contributed by atoms with van der Waals surface area (Å²) in [7, 11) is 4.11. The van der Waals surface area contributed by atoms with Crippen LogP contribution in [-0.4, -0.2) is 32.1 Å². The van der Waals surface area contributed by atoms with Crippen LogP contribution in [0.2, 0.25) is 0 Å². The maximum absolute atomic E-state index is 13.3. The molecule has 0 saturated carbocycles. The van der Waals surface area contributed by atoms with E-state index in [1.54, 1.807) is 13.0 Å². The van der Waals surface area contributed by atoms with Gasteiger partial charge in [-0.25, -0.2) is 4.39 Å². The molecule has 18 heavy (non-hydrogen) atoms. The fourth-order valence-corrected chi connectivity index (χ4v) is 2.10. The number of hydrogen-bond acceptors (Lipinski definition) is 3. The zero-order chi connectivity index (χ0) is 13.9. The summed E-state index contributed by atoms with van der Waals surface area (Å²) in [6, 6.07) is 3.13. The second-order valence-electron chi connectivity index (χ2n) is 5.94. The van der Waals surface area contributed by atoms with Gasteiger partial charge in [-0.3, -0.25) is 0 Å². The van der Waals surface area contributed by atoms with Crippen LogP contribution in [0.25, 0.3) is 0 Å². The molecular weight excluding hydrogens is 229 g/mol. The molecule has 0 spiro atoms. The number of rotatable bonds is 5. The monoisotopic (exact) mass is 253 g/mol. The Kier molecular flexibility index (Phi) is 4.57. The van der Waals surface area contributed by atoms with Crippen molar-refractivity contribution in [2.75, 3.05) is 38.2 Å². The van der Waals surface area contributed by atoms with E-state index in [-0.39, 0.29) is 11.2 Å². The van der Waals surface area contributed by atoms with E-state index < -0.39 is 0 Å². The Balaban J connectivity index is 2.72. The molecule has 0 unspecified atom stereocenters. The molecule has 0 aliphatic heterocycles. The van der Waals surface area contributed by atoms with E-state index in [2.05, 4.69) is 38.2 Å². The molecule has 0 aliphatic carbocycles. The van der Waals surface area contributed by atoms with E-state index in [1.165, 1.54) is 6.07 Å². The summed E-state index contributed by atoms with van der Waals surface area (Å²) in [5, 5.41) is 3.31. The molecule has 0 aliphatic rings. The highest BCUT2D eigenvalue weighted by Gasteiger charge is 2.19. The number of benzene rings is 1. The van der Waals surface area contributed by atoms with Gasteiger partial charge in [0.2, 0.25) is 0 Å². The lowest BCUT2D eigenvalue weighted by Crippen LogP contribution is -2.34. The van der Waals surface area contributed by atoms with Gasteiger partial charge >= 0.3 is 0 Å². The lowest BCUT2D eigenvalue weighted by molar-refractivity contribution is 0.254. The molecule has 0 bridgehead atoms. The van der Waals surface area contributed by atoms with Crippen LogP contribution in [0.5, 0.6) is 0 Å². The lowest BCUT2D eigenvalue weighted by atomic mass is 9.93. The first kappa shape index (κ1) is 14.8. The predicted octanol–water partition coefficient (Wildman–Crippen LogP) is 2.72. The molecule has 0 aromatic heterocycles. The third kappa shape index (κ3) is 4.18. The van der Waals surface area contributed by atoms with Gasteiger partial charge in [-0.2, -0.15) is 0 Å². The Labute approximate surface area is 109 Å². The molecule has 0 fully saturated rings. The van der Waals surface area contributed by atoms with Gasteiger partial charge in [0.05, 0.1) is 11.4 Å². The molecular formula is C14H24FN3. The van der Waals surface area contributed by atoms with Crippen molar-refractivity contribution in [3.63, 3.8) is 0 Å². The van der Waals surface area contributed by atoms with Gasteiger partial charge in [-0.05, 0) is 44.1 Å². The first-order valence-corrected chi connectivity index (χ1v) is 6.15. The summed E-state index contributed by atoms with van der Waals surface area (Å²) in [5.74, 6) is -0.259. The Morgan fingerprint density at radius 2 is 1.94 bits per heavy atom. The molecule has 3 N–H and O–H groups in total. The predicted molar refractivity (Wildman–Crippen MR) is 76.4 cm³/mol. The summed E-state index contributed by atoms with van der Waals surface area (Å²) in [6.07, 6.45) is 0. The van der Waals surface area contributed by atoms with E-state index in [4.69, 9.17) is 5.73 Å². The number of halogens is 1. The molecule has 4 heteroatoms. The largest absolute Gasteiger partial charge is 0.397 e. The Hall–Kier alpha value is -1.29. The average molecular weight is 253 g/mol. The van der Waals surface area contributed by atoms with Crippen LogP contribution < -0.4 is 11.1 Å². The lowest BCUT2D eigenvalue weighted by Gasteiger charge is -2.29. The van der Waals surface area contributed by atoms with Crippen molar-refractivity contribution in [2.45, 2.75) is 20.8 Å². The maximum Gasteiger partial charge on any atom is 0.128 e. The minimum Gasteiger partial charge on any atom is -0.397 e. The van der Waals surface area contributed by atoms with Gasteiger partial charge in [0.25, 0.3) is 0 Å². The molecule has 102 valence electrons. The number of nitrogens with one attached hydrogen (secondary N) is 1. The first-order chi connectivity index (χ1) is 8.21. The topological polar surface area (TPSA) is 41.3 Å². The summed E-state index contributed by atoms with van der Waals surface area (Å²) in [4.78, 5) is 2.15. The van der Waals surface area contributed by atoms with Crippen molar-refractivity contribution in [3.05, 3.63) is 23.5 Å². The minimum atomic E-state index is -0.259. The fraction of sp³-hybridized carbons (Fsp3) is 0.571. The number of nitrogen functional groups attached to an aromatic ring is 1. The average Bonchev–Trinajstić information content (AvgIpc) is 2.19. The molecule has 0 radical (unpaired) electrons. The van der Waals surface area contributed by atoms with Crippen LogP contribution in [-0.2, 0) is 0 Å². The van der Waals surface area contributed by atoms with Crippen LogP contribution in [0.4, 0.5) is 15.8 Å². The summed E-state index contributed by atoms with van der Waals surface area (Å²) in [5.41, 5.74) is 7.80. The highest BCUT2D eigenvalue weighted by atomic mass is 19.1. The third-order valence-corrected chi connectivity index (χ3v) is 2.83. The van der Waals surface area contributed by atoms with Crippen molar-refractivity contribution in [1.82, 2.24) is 4.90 Å². The molecule has 1 aromatic carbocycles. The number of anilines is 2. The van der Waals surface area contributed by atoms with Gasteiger partial charge in [-0.15, -0.1) is 0 Å². The summed E-state index contributed by atoms with van der Waals surface area (Å²) >= 11 is 0. The van der Waals surface area contributed by atoms with Gasteiger partial charge in [0, 0.05) is 13.1 Å². The Morgan fingerprint density at radius 3 is 2.50 bits per heavy atom. The minimum absolute atomic E-state index is 0.123. The molecule has 1 aromatic rings. The smallest absolute Gasteiger partial charge is 0.128 e. The van der Waals surface area contributed by atoms with Crippen molar-refractivity contribution in [3.8, 4) is 0 Å². The number of nitrogens with zero attached hydrogens (tertiary/aromatic N) is 1. The standard InChI is InChI=1S/C14H24FN3/c1-10-6-13(12(16)7-11(10)15)17-8-14(2,3)9-18(4)5/h6-7,17H,8-9,16H2,1-5H3.